The van der Waals surface area contributed by atoms with Crippen LogP contribution in [0, 0.1) is 0 Å². The monoisotopic (exact) mass is 463 g/mol. The van der Waals surface area contributed by atoms with Gasteiger partial charge in [0.15, 0.2) is 0 Å². The van der Waals surface area contributed by atoms with Gasteiger partial charge < -0.3 is 14.0 Å². The molecule has 0 N–H and O–H groups in total. The van der Waals surface area contributed by atoms with E-state index in [-0.39, 0.29) is 11.5 Å². The highest BCUT2D eigenvalue weighted by Crippen LogP contribution is 2.24. The fourth-order valence-electron chi connectivity index (χ4n) is 3.52. The maximum absolute atomic E-state index is 12.9. The van der Waals surface area contributed by atoms with Gasteiger partial charge in [-0.1, -0.05) is 11.6 Å². The molecule has 0 saturated carbocycles. The maximum Gasteiger partial charge on any atom is 0.338 e. The Morgan fingerprint density at radius 2 is 1.87 bits per heavy atom. The highest BCUT2D eigenvalue weighted by Gasteiger charge is 2.27. The second-order valence-electron chi connectivity index (χ2n) is 7.02. The number of imidazole rings is 1. The molecule has 0 atom stereocenters. The quantitative estimate of drug-likeness (QED) is 0.522. The third-order valence-electron chi connectivity index (χ3n) is 5.14. The lowest BCUT2D eigenvalue weighted by Crippen LogP contribution is -2.40. The molecule has 0 aliphatic carbocycles. The van der Waals surface area contributed by atoms with E-state index < -0.39 is 16.0 Å². The first-order chi connectivity index (χ1) is 14.9. The number of aromatic nitrogens is 2. The average Bonchev–Trinajstić information content (AvgIpc) is 3.15. The van der Waals surface area contributed by atoms with Crippen LogP contribution in [-0.4, -0.2) is 54.5 Å². The first-order valence-electron chi connectivity index (χ1n) is 9.90. The van der Waals surface area contributed by atoms with Gasteiger partial charge in [-0.15, -0.1) is 0 Å². The summed E-state index contributed by atoms with van der Waals surface area (Å²) in [5.74, 6) is 0.0581. The van der Waals surface area contributed by atoms with Crippen molar-refractivity contribution in [2.75, 3.05) is 26.3 Å². The molecular formula is C21H22ClN3O5S. The molecule has 1 aliphatic rings. The summed E-state index contributed by atoms with van der Waals surface area (Å²) in [4.78, 5) is 17.0. The van der Waals surface area contributed by atoms with Gasteiger partial charge in [-0.05, 0) is 49.4 Å². The summed E-state index contributed by atoms with van der Waals surface area (Å²) in [7, 11) is -3.62. The number of hydrogen-bond acceptors (Lipinski definition) is 6. The zero-order valence-corrected chi connectivity index (χ0v) is 18.5. The van der Waals surface area contributed by atoms with Crippen LogP contribution in [-0.2, 0) is 32.6 Å². The summed E-state index contributed by atoms with van der Waals surface area (Å²) in [5, 5.41) is 0.534. The molecule has 164 valence electrons. The molecule has 0 amide bonds. The summed E-state index contributed by atoms with van der Waals surface area (Å²) in [5.41, 5.74) is 1.71. The average molecular weight is 464 g/mol. The summed E-state index contributed by atoms with van der Waals surface area (Å²) in [6.45, 7) is 3.94. The molecule has 31 heavy (non-hydrogen) atoms. The van der Waals surface area contributed by atoms with Crippen molar-refractivity contribution >= 4 is 38.6 Å². The van der Waals surface area contributed by atoms with Gasteiger partial charge in [0.2, 0.25) is 10.0 Å². The third-order valence-corrected chi connectivity index (χ3v) is 7.28. The molecule has 1 saturated heterocycles. The molecule has 1 aromatic heterocycles. The van der Waals surface area contributed by atoms with Crippen LogP contribution in [0.5, 0.6) is 0 Å². The Labute approximate surface area is 185 Å². The van der Waals surface area contributed by atoms with Crippen molar-refractivity contribution < 1.29 is 22.7 Å². The molecule has 1 fully saturated rings. The van der Waals surface area contributed by atoms with E-state index in [1.165, 1.54) is 4.31 Å². The normalized spacial score (nSPS) is 15.3. The molecule has 2 heterocycles. The van der Waals surface area contributed by atoms with Crippen LogP contribution >= 0.6 is 11.6 Å². The van der Waals surface area contributed by atoms with E-state index >= 15 is 0 Å². The number of nitrogens with zero attached hydrogens (tertiary/aromatic N) is 3. The number of carbonyl (C=O) groups is 1. The van der Waals surface area contributed by atoms with Crippen LogP contribution in [0.2, 0.25) is 5.02 Å². The highest BCUT2D eigenvalue weighted by atomic mass is 35.5. The van der Waals surface area contributed by atoms with E-state index in [2.05, 4.69) is 4.98 Å². The second-order valence-corrected chi connectivity index (χ2v) is 9.40. The van der Waals surface area contributed by atoms with Gasteiger partial charge in [0.05, 0.1) is 34.7 Å². The number of hydrogen-bond donors (Lipinski definition) is 0. The van der Waals surface area contributed by atoms with Crippen molar-refractivity contribution in [2.24, 2.45) is 0 Å². The van der Waals surface area contributed by atoms with Crippen molar-refractivity contribution in [2.45, 2.75) is 25.0 Å². The molecule has 8 nitrogen and oxygen atoms in total. The van der Waals surface area contributed by atoms with Gasteiger partial charge in [0, 0.05) is 24.7 Å². The lowest BCUT2D eigenvalue weighted by molar-refractivity contribution is 0.0458. The number of carbonyl (C=O) groups excluding carboxylic acids is 1. The first kappa shape index (κ1) is 21.8. The third kappa shape index (κ3) is 4.45. The minimum absolute atomic E-state index is 0.0322. The van der Waals surface area contributed by atoms with Crippen molar-refractivity contribution in [1.29, 1.82) is 0 Å². The molecule has 4 rings (SSSR count). The van der Waals surface area contributed by atoms with Gasteiger partial charge in [0.25, 0.3) is 0 Å². The zero-order chi connectivity index (χ0) is 22.0. The number of aryl methyl sites for hydroxylation is 1. The second kappa shape index (κ2) is 8.96. The Balaban J connectivity index is 1.58. The lowest BCUT2D eigenvalue weighted by Gasteiger charge is -2.26. The molecule has 0 radical (unpaired) electrons. The van der Waals surface area contributed by atoms with Gasteiger partial charge >= 0.3 is 5.97 Å². The largest absolute Gasteiger partial charge is 0.454 e. The SMILES string of the molecule is CCn1c(COC(=O)c2ccc(Cl)cc2)nc2cc(S(=O)(=O)N3CCOCC3)ccc21. The molecule has 0 spiro atoms. The number of sulfonamides is 1. The summed E-state index contributed by atoms with van der Waals surface area (Å²) < 4.78 is 39.9. The fraction of sp³-hybridized carbons (Fsp3) is 0.333. The van der Waals surface area contributed by atoms with Crippen molar-refractivity contribution in [3.05, 3.63) is 58.9 Å². The predicted octanol–water partition coefficient (Wildman–Crippen LogP) is 3.09. The zero-order valence-electron chi connectivity index (χ0n) is 17.0. The summed E-state index contributed by atoms with van der Waals surface area (Å²) in [6.07, 6.45) is 0. The van der Waals surface area contributed by atoms with Crippen LogP contribution in [0.1, 0.15) is 23.1 Å². The number of morpholine rings is 1. The van der Waals surface area contributed by atoms with Gasteiger partial charge in [0.1, 0.15) is 12.4 Å². The Morgan fingerprint density at radius 3 is 2.55 bits per heavy atom. The van der Waals surface area contributed by atoms with Gasteiger partial charge in [-0.25, -0.2) is 18.2 Å². The number of benzene rings is 2. The van der Waals surface area contributed by atoms with E-state index in [9.17, 15) is 13.2 Å². The van der Waals surface area contributed by atoms with E-state index in [4.69, 9.17) is 21.1 Å². The van der Waals surface area contributed by atoms with E-state index in [0.29, 0.717) is 54.8 Å². The van der Waals surface area contributed by atoms with Crippen molar-refractivity contribution in [3.63, 3.8) is 0 Å². The van der Waals surface area contributed by atoms with Crippen LogP contribution in [0.4, 0.5) is 0 Å². The highest BCUT2D eigenvalue weighted by molar-refractivity contribution is 7.89. The van der Waals surface area contributed by atoms with Crippen molar-refractivity contribution in [1.82, 2.24) is 13.9 Å². The Morgan fingerprint density at radius 1 is 1.16 bits per heavy atom. The van der Waals surface area contributed by atoms with E-state index in [1.54, 1.807) is 42.5 Å². The molecule has 3 aromatic rings. The van der Waals surface area contributed by atoms with Crippen LogP contribution in [0.25, 0.3) is 11.0 Å². The summed E-state index contributed by atoms with van der Waals surface area (Å²) >= 11 is 5.85. The minimum Gasteiger partial charge on any atom is -0.454 e. The first-order valence-corrected chi connectivity index (χ1v) is 11.7. The molecule has 1 aliphatic heterocycles. The number of rotatable bonds is 6. The molecular weight excluding hydrogens is 442 g/mol. The minimum atomic E-state index is -3.62. The standard InChI is InChI=1S/C21H22ClN3O5S/c1-2-25-19-8-7-17(31(27,28)24-9-11-29-12-10-24)13-18(19)23-20(25)14-30-21(26)15-3-5-16(22)6-4-15/h3-8,13H,2,9-12,14H2,1H3. The van der Waals surface area contributed by atoms with Crippen LogP contribution < -0.4 is 0 Å². The predicted molar refractivity (Wildman–Crippen MR) is 116 cm³/mol. The topological polar surface area (TPSA) is 90.7 Å². The van der Waals surface area contributed by atoms with E-state index in [0.717, 1.165) is 5.52 Å². The lowest BCUT2D eigenvalue weighted by atomic mass is 10.2. The van der Waals surface area contributed by atoms with Gasteiger partial charge in [-0.3, -0.25) is 0 Å². The Bertz CT molecular complexity index is 1200. The fourth-order valence-corrected chi connectivity index (χ4v) is 5.07. The number of esters is 1. The number of ether oxygens (including phenoxy) is 2. The van der Waals surface area contributed by atoms with Crippen molar-refractivity contribution in [3.8, 4) is 0 Å². The molecule has 2 aromatic carbocycles. The Hall–Kier alpha value is -2.46. The van der Waals surface area contributed by atoms with Crippen LogP contribution in [0.15, 0.2) is 47.4 Å². The number of halogens is 1. The smallest absolute Gasteiger partial charge is 0.338 e. The van der Waals surface area contributed by atoms with E-state index in [1.807, 2.05) is 11.5 Å². The maximum atomic E-state index is 12.9. The van der Waals surface area contributed by atoms with Crippen LogP contribution in [0.3, 0.4) is 0 Å². The summed E-state index contributed by atoms with van der Waals surface area (Å²) in [6, 6.07) is 11.3. The van der Waals surface area contributed by atoms with Gasteiger partial charge in [-0.2, -0.15) is 4.31 Å². The molecule has 0 bridgehead atoms. The molecule has 10 heteroatoms. The number of fused-ring (bicyclic) bond motifs is 1. The Kier molecular flexibility index (Phi) is 6.29. The molecule has 0 unspecified atom stereocenters.